The van der Waals surface area contributed by atoms with Crippen molar-refractivity contribution in [1.29, 1.82) is 0 Å². The van der Waals surface area contributed by atoms with Gasteiger partial charge in [0.1, 0.15) is 11.5 Å². The van der Waals surface area contributed by atoms with Crippen LogP contribution >= 0.6 is 0 Å². The zero-order chi connectivity index (χ0) is 24.2. The van der Waals surface area contributed by atoms with Crippen LogP contribution in [0.5, 0.6) is 0 Å². The number of rotatable bonds is 8. The molecule has 5 aromatic rings. The number of aromatic nitrogens is 5. The Morgan fingerprint density at radius 1 is 0.857 bits per heavy atom. The predicted molar refractivity (Wildman–Crippen MR) is 144 cm³/mol. The Labute approximate surface area is 206 Å². The van der Waals surface area contributed by atoms with Gasteiger partial charge < -0.3 is 14.7 Å². The lowest BCUT2D eigenvalue weighted by atomic mass is 10.1. The Bertz CT molecular complexity index is 1430. The molecule has 0 radical (unpaired) electrons. The smallest absolute Gasteiger partial charge is 0.186 e. The van der Waals surface area contributed by atoms with E-state index in [0.29, 0.717) is 6.54 Å². The second-order valence-electron chi connectivity index (χ2n) is 8.83. The number of hydrogen-bond donors (Lipinski definition) is 1. The first-order chi connectivity index (χ1) is 17.1. The first kappa shape index (κ1) is 22.7. The quantitative estimate of drug-likeness (QED) is 0.354. The molecule has 8 heteroatoms. The summed E-state index contributed by atoms with van der Waals surface area (Å²) < 4.78 is 0. The number of anilines is 1. The second kappa shape index (κ2) is 10.1. The number of imidazole rings is 1. The normalized spacial score (nSPS) is 11.3. The molecule has 174 valence electrons. The molecule has 3 aromatic heterocycles. The Morgan fingerprint density at radius 2 is 1.66 bits per heavy atom. The van der Waals surface area contributed by atoms with Gasteiger partial charge in [-0.25, -0.2) is 4.98 Å². The molecule has 2 aromatic carbocycles. The SMILES string of the molecule is BN(CCN(C)c1ccccc1)Cc1nc(-c2cccc(C)n2)c(-c2ccc3nccnc3c2)[nH]1. The summed E-state index contributed by atoms with van der Waals surface area (Å²) >= 11 is 0. The van der Waals surface area contributed by atoms with Crippen LogP contribution in [0, 0.1) is 6.92 Å². The molecular weight excluding hydrogens is 433 g/mol. The number of likely N-dealkylation sites (N-methyl/N-ethyl adjacent to an activating group) is 1. The Hall–Kier alpha value is -4.04. The number of nitrogens with zero attached hydrogens (tertiary/aromatic N) is 6. The van der Waals surface area contributed by atoms with Gasteiger partial charge in [-0.2, -0.15) is 0 Å². The van der Waals surface area contributed by atoms with E-state index in [4.69, 9.17) is 9.97 Å². The van der Waals surface area contributed by atoms with Crippen molar-refractivity contribution in [3.8, 4) is 22.6 Å². The molecule has 0 spiro atoms. The molecule has 0 saturated heterocycles. The minimum Gasteiger partial charge on any atom is -0.373 e. The Kier molecular flexibility index (Phi) is 6.54. The molecule has 0 aliphatic heterocycles. The monoisotopic (exact) mass is 461 g/mol. The number of aryl methyl sites for hydroxylation is 1. The third kappa shape index (κ3) is 5.23. The lowest BCUT2D eigenvalue weighted by molar-refractivity contribution is 0.444. The summed E-state index contributed by atoms with van der Waals surface area (Å²) in [5, 5.41) is 0. The van der Waals surface area contributed by atoms with E-state index in [1.165, 1.54) is 5.69 Å². The van der Waals surface area contributed by atoms with E-state index < -0.39 is 0 Å². The number of para-hydroxylation sites is 1. The van der Waals surface area contributed by atoms with Crippen molar-refractivity contribution < 1.29 is 0 Å². The lowest BCUT2D eigenvalue weighted by Crippen LogP contribution is -2.31. The highest BCUT2D eigenvalue weighted by molar-refractivity contribution is 6.04. The number of hydrogen-bond acceptors (Lipinski definition) is 6. The molecule has 0 aliphatic carbocycles. The fraction of sp³-hybridized carbons (Fsp3) is 0.185. The summed E-state index contributed by atoms with van der Waals surface area (Å²) in [5.41, 5.74) is 7.56. The van der Waals surface area contributed by atoms with E-state index in [1.54, 1.807) is 12.4 Å². The predicted octanol–water partition coefficient (Wildman–Crippen LogP) is 3.88. The van der Waals surface area contributed by atoms with Gasteiger partial charge in [-0.1, -0.05) is 30.3 Å². The van der Waals surface area contributed by atoms with Crippen LogP contribution in [0.15, 0.2) is 79.1 Å². The standard InChI is InChI=1S/C27H28BN7/c1-19-7-6-10-23(31-19)27-26(20-11-12-22-24(17-20)30-14-13-29-22)32-25(33-27)18-35(28)16-15-34(2)21-8-4-3-5-9-21/h3-14,17H,15-16,18,28H2,1-2H3,(H,32,33). The van der Waals surface area contributed by atoms with Crippen LogP contribution in [0.25, 0.3) is 33.7 Å². The maximum absolute atomic E-state index is 4.99. The van der Waals surface area contributed by atoms with Crippen LogP contribution in [0.2, 0.25) is 0 Å². The summed E-state index contributed by atoms with van der Waals surface area (Å²) in [4.78, 5) is 26.7. The number of nitrogens with one attached hydrogen (secondary N) is 1. The van der Waals surface area contributed by atoms with Gasteiger partial charge in [-0.15, -0.1) is 0 Å². The number of H-pyrrole nitrogens is 1. The van der Waals surface area contributed by atoms with Crippen LogP contribution in [-0.4, -0.2) is 57.8 Å². The van der Waals surface area contributed by atoms with E-state index in [2.05, 4.69) is 76.1 Å². The maximum atomic E-state index is 4.99. The molecule has 0 unspecified atom stereocenters. The summed E-state index contributed by atoms with van der Waals surface area (Å²) in [6.07, 6.45) is 3.43. The first-order valence-electron chi connectivity index (χ1n) is 11.8. The lowest BCUT2D eigenvalue weighted by Gasteiger charge is -2.23. The highest BCUT2D eigenvalue weighted by Crippen LogP contribution is 2.31. The fourth-order valence-electron chi connectivity index (χ4n) is 4.15. The summed E-state index contributed by atoms with van der Waals surface area (Å²) in [6, 6.07) is 22.6. The van der Waals surface area contributed by atoms with Crippen molar-refractivity contribution in [3.05, 3.63) is 90.6 Å². The minimum atomic E-state index is 0.703. The third-order valence-electron chi connectivity index (χ3n) is 6.08. The van der Waals surface area contributed by atoms with Crippen molar-refractivity contribution in [2.45, 2.75) is 13.5 Å². The molecular formula is C27H28BN7. The van der Waals surface area contributed by atoms with E-state index >= 15 is 0 Å². The zero-order valence-corrected chi connectivity index (χ0v) is 20.3. The molecule has 35 heavy (non-hydrogen) atoms. The van der Waals surface area contributed by atoms with E-state index in [-0.39, 0.29) is 0 Å². The van der Waals surface area contributed by atoms with E-state index in [1.807, 2.05) is 37.3 Å². The summed E-state index contributed by atoms with van der Waals surface area (Å²) in [6.45, 7) is 4.53. The van der Waals surface area contributed by atoms with E-state index in [0.717, 1.165) is 58.3 Å². The third-order valence-corrected chi connectivity index (χ3v) is 6.08. The average molecular weight is 461 g/mol. The van der Waals surface area contributed by atoms with Crippen LogP contribution in [0.1, 0.15) is 11.5 Å². The molecule has 5 rings (SSSR count). The topological polar surface area (TPSA) is 73.8 Å². The number of pyridine rings is 1. The molecule has 0 atom stereocenters. The maximum Gasteiger partial charge on any atom is 0.186 e. The Morgan fingerprint density at radius 3 is 2.46 bits per heavy atom. The molecule has 0 bridgehead atoms. The van der Waals surface area contributed by atoms with Crippen molar-refractivity contribution >= 4 is 24.7 Å². The number of benzene rings is 2. The highest BCUT2D eigenvalue weighted by atomic mass is 15.2. The van der Waals surface area contributed by atoms with Crippen molar-refractivity contribution in [3.63, 3.8) is 0 Å². The minimum absolute atomic E-state index is 0.703. The second-order valence-corrected chi connectivity index (χ2v) is 8.83. The van der Waals surface area contributed by atoms with Gasteiger partial charge in [-0.3, -0.25) is 15.0 Å². The largest absolute Gasteiger partial charge is 0.373 e. The van der Waals surface area contributed by atoms with E-state index in [9.17, 15) is 0 Å². The van der Waals surface area contributed by atoms with Crippen molar-refractivity contribution in [2.75, 3.05) is 25.0 Å². The van der Waals surface area contributed by atoms with Crippen LogP contribution in [0.4, 0.5) is 5.69 Å². The molecule has 7 nitrogen and oxygen atoms in total. The molecule has 3 heterocycles. The van der Waals surface area contributed by atoms with Gasteiger partial charge in [-0.05, 0) is 43.3 Å². The number of fused-ring (bicyclic) bond motifs is 1. The van der Waals surface area contributed by atoms with Gasteiger partial charge in [0.05, 0.1) is 22.4 Å². The van der Waals surface area contributed by atoms with Gasteiger partial charge in [0, 0.05) is 56.0 Å². The average Bonchev–Trinajstić information content (AvgIpc) is 3.31. The van der Waals surface area contributed by atoms with Gasteiger partial charge >= 0.3 is 0 Å². The van der Waals surface area contributed by atoms with Gasteiger partial charge in [0.15, 0.2) is 7.98 Å². The van der Waals surface area contributed by atoms with Gasteiger partial charge in [0.25, 0.3) is 0 Å². The summed E-state index contributed by atoms with van der Waals surface area (Å²) in [7, 11) is 4.25. The van der Waals surface area contributed by atoms with Crippen molar-refractivity contribution in [1.82, 2.24) is 29.7 Å². The first-order valence-corrected chi connectivity index (χ1v) is 11.8. The highest BCUT2D eigenvalue weighted by Gasteiger charge is 2.17. The van der Waals surface area contributed by atoms with Gasteiger partial charge in [0.2, 0.25) is 0 Å². The Balaban J connectivity index is 1.41. The summed E-state index contributed by atoms with van der Waals surface area (Å²) in [5.74, 6) is 0.905. The molecule has 0 saturated carbocycles. The van der Waals surface area contributed by atoms with Crippen LogP contribution in [-0.2, 0) is 6.54 Å². The van der Waals surface area contributed by atoms with Crippen molar-refractivity contribution in [2.24, 2.45) is 0 Å². The molecule has 1 N–H and O–H groups in total. The molecule has 0 amide bonds. The van der Waals surface area contributed by atoms with Crippen LogP contribution in [0.3, 0.4) is 0 Å². The number of aromatic amines is 1. The van der Waals surface area contributed by atoms with Crippen LogP contribution < -0.4 is 4.90 Å². The molecule has 0 aliphatic rings. The fourth-order valence-corrected chi connectivity index (χ4v) is 4.15. The zero-order valence-electron chi connectivity index (χ0n) is 20.3. The molecule has 0 fully saturated rings.